The third kappa shape index (κ3) is 1.95. The molecule has 0 aliphatic carbocycles. The van der Waals surface area contributed by atoms with Crippen LogP contribution in [0.5, 0.6) is 0 Å². The highest BCUT2D eigenvalue weighted by Gasteiger charge is 2.25. The van der Waals surface area contributed by atoms with E-state index in [1.165, 1.54) is 10.6 Å². The van der Waals surface area contributed by atoms with Gasteiger partial charge in [0.25, 0.3) is 0 Å². The Labute approximate surface area is 83.9 Å². The normalized spacial score (nSPS) is 29.0. The lowest BCUT2D eigenvalue weighted by Gasteiger charge is -2.33. The average molecular weight is 193 g/mol. The van der Waals surface area contributed by atoms with Crippen molar-refractivity contribution in [2.24, 2.45) is 0 Å². The molecule has 14 heavy (non-hydrogen) atoms. The van der Waals surface area contributed by atoms with Gasteiger partial charge >= 0.3 is 0 Å². The zero-order valence-corrected chi connectivity index (χ0v) is 8.26. The Balaban J connectivity index is 2.07. The van der Waals surface area contributed by atoms with Crippen molar-refractivity contribution >= 4 is 0 Å². The van der Waals surface area contributed by atoms with Gasteiger partial charge in [-0.2, -0.15) is 5.06 Å². The molecule has 1 aliphatic rings. The lowest BCUT2D eigenvalue weighted by molar-refractivity contribution is -0.256. The van der Waals surface area contributed by atoms with Crippen LogP contribution in [0.15, 0.2) is 30.3 Å². The number of hydrogen-bond donors (Lipinski definition) is 1. The lowest BCUT2D eigenvalue weighted by Crippen LogP contribution is -2.39. The summed E-state index contributed by atoms with van der Waals surface area (Å²) in [5.74, 6) is 0. The number of hydrogen-bond acceptors (Lipinski definition) is 3. The summed E-state index contributed by atoms with van der Waals surface area (Å²) in [5, 5.41) is 10.6. The number of nitrogens with zero attached hydrogens (tertiary/aromatic N) is 1. The van der Waals surface area contributed by atoms with Gasteiger partial charge in [-0.05, 0) is 18.9 Å². The predicted octanol–water partition coefficient (Wildman–Crippen LogP) is 2.19. The Morgan fingerprint density at radius 2 is 2.07 bits per heavy atom. The summed E-state index contributed by atoms with van der Waals surface area (Å²) >= 11 is 0. The summed E-state index contributed by atoms with van der Waals surface area (Å²) in [5.41, 5.74) is 1.19. The standard InChI is InChI=1S/C11H15NO2/c1-9-12(13)8-7-11(14-9)10-5-3-2-4-6-10/h2-6,9,11,13H,7-8H2,1H3. The fraction of sp³-hybridized carbons (Fsp3) is 0.455. The van der Waals surface area contributed by atoms with Crippen LogP contribution in [-0.2, 0) is 4.74 Å². The Kier molecular flexibility index (Phi) is 2.82. The summed E-state index contributed by atoms with van der Waals surface area (Å²) in [6.07, 6.45) is 0.744. The second-order valence-corrected chi connectivity index (χ2v) is 3.59. The molecule has 2 unspecified atom stereocenters. The fourth-order valence-electron chi connectivity index (χ4n) is 1.72. The van der Waals surface area contributed by atoms with Gasteiger partial charge in [-0.3, -0.25) is 0 Å². The zero-order valence-electron chi connectivity index (χ0n) is 8.26. The average Bonchev–Trinajstić information content (AvgIpc) is 2.23. The first-order valence-electron chi connectivity index (χ1n) is 4.93. The third-order valence-electron chi connectivity index (χ3n) is 2.57. The first-order chi connectivity index (χ1) is 6.77. The van der Waals surface area contributed by atoms with Crippen molar-refractivity contribution in [3.8, 4) is 0 Å². The van der Waals surface area contributed by atoms with Crippen LogP contribution in [0.25, 0.3) is 0 Å². The Hall–Kier alpha value is -0.900. The van der Waals surface area contributed by atoms with E-state index in [9.17, 15) is 5.21 Å². The highest BCUT2D eigenvalue weighted by Crippen LogP contribution is 2.27. The summed E-state index contributed by atoms with van der Waals surface area (Å²) in [6, 6.07) is 10.1. The van der Waals surface area contributed by atoms with Gasteiger partial charge in [0.15, 0.2) is 0 Å². The van der Waals surface area contributed by atoms with Gasteiger partial charge in [-0.25, -0.2) is 0 Å². The van der Waals surface area contributed by atoms with E-state index in [-0.39, 0.29) is 12.3 Å². The minimum atomic E-state index is -0.214. The van der Waals surface area contributed by atoms with Crippen LogP contribution in [0.2, 0.25) is 0 Å². The van der Waals surface area contributed by atoms with Gasteiger partial charge in [-0.15, -0.1) is 0 Å². The molecule has 0 spiro atoms. The highest BCUT2D eigenvalue weighted by atomic mass is 16.6. The van der Waals surface area contributed by atoms with E-state index in [4.69, 9.17) is 4.74 Å². The molecule has 76 valence electrons. The van der Waals surface area contributed by atoms with Crippen molar-refractivity contribution in [1.29, 1.82) is 0 Å². The molecule has 1 aliphatic heterocycles. The van der Waals surface area contributed by atoms with E-state index in [1.807, 2.05) is 25.1 Å². The summed E-state index contributed by atoms with van der Waals surface area (Å²) in [7, 11) is 0. The molecular formula is C11H15NO2. The lowest BCUT2D eigenvalue weighted by atomic mass is 10.1. The maximum absolute atomic E-state index is 9.35. The molecule has 2 atom stereocenters. The maximum atomic E-state index is 9.35. The summed E-state index contributed by atoms with van der Waals surface area (Å²) < 4.78 is 5.66. The number of ether oxygens (including phenoxy) is 1. The van der Waals surface area contributed by atoms with Crippen molar-refractivity contribution in [2.75, 3.05) is 6.54 Å². The van der Waals surface area contributed by atoms with Gasteiger partial charge < -0.3 is 9.94 Å². The van der Waals surface area contributed by atoms with Crippen LogP contribution in [0.1, 0.15) is 25.0 Å². The SMILES string of the molecule is CC1OC(c2ccccc2)CCN1O. The van der Waals surface area contributed by atoms with Crippen LogP contribution in [0, 0.1) is 0 Å². The molecule has 0 radical (unpaired) electrons. The molecule has 3 nitrogen and oxygen atoms in total. The van der Waals surface area contributed by atoms with Crippen molar-refractivity contribution in [1.82, 2.24) is 5.06 Å². The number of hydroxylamine groups is 2. The van der Waals surface area contributed by atoms with E-state index < -0.39 is 0 Å². The van der Waals surface area contributed by atoms with Gasteiger partial charge in [0.1, 0.15) is 6.23 Å². The van der Waals surface area contributed by atoms with Crippen LogP contribution in [-0.4, -0.2) is 23.0 Å². The fourth-order valence-corrected chi connectivity index (χ4v) is 1.72. The quantitative estimate of drug-likeness (QED) is 0.742. The Bertz CT molecular complexity index is 289. The van der Waals surface area contributed by atoms with E-state index in [2.05, 4.69) is 12.1 Å². The van der Waals surface area contributed by atoms with Gasteiger partial charge in [0.05, 0.1) is 6.10 Å². The van der Waals surface area contributed by atoms with Crippen molar-refractivity contribution in [2.45, 2.75) is 25.7 Å². The highest BCUT2D eigenvalue weighted by molar-refractivity contribution is 5.17. The molecule has 1 saturated heterocycles. The number of benzene rings is 1. The van der Waals surface area contributed by atoms with E-state index >= 15 is 0 Å². The second-order valence-electron chi connectivity index (χ2n) is 3.59. The molecule has 1 aromatic carbocycles. The third-order valence-corrected chi connectivity index (χ3v) is 2.57. The maximum Gasteiger partial charge on any atom is 0.130 e. The van der Waals surface area contributed by atoms with Crippen molar-refractivity contribution in [3.05, 3.63) is 35.9 Å². The molecule has 0 bridgehead atoms. The van der Waals surface area contributed by atoms with Crippen LogP contribution < -0.4 is 0 Å². The topological polar surface area (TPSA) is 32.7 Å². The molecule has 0 saturated carbocycles. The molecule has 1 N–H and O–H groups in total. The van der Waals surface area contributed by atoms with Crippen molar-refractivity contribution in [3.63, 3.8) is 0 Å². The summed E-state index contributed by atoms with van der Waals surface area (Å²) in [6.45, 7) is 2.52. The smallest absolute Gasteiger partial charge is 0.130 e. The van der Waals surface area contributed by atoms with Gasteiger partial charge in [-0.1, -0.05) is 30.3 Å². The Morgan fingerprint density at radius 1 is 1.36 bits per heavy atom. The number of rotatable bonds is 1. The minimum Gasteiger partial charge on any atom is -0.353 e. The monoisotopic (exact) mass is 193 g/mol. The molecule has 1 fully saturated rings. The van der Waals surface area contributed by atoms with E-state index in [0.717, 1.165) is 6.42 Å². The van der Waals surface area contributed by atoms with Gasteiger partial charge in [0, 0.05) is 6.54 Å². The van der Waals surface area contributed by atoms with E-state index in [1.54, 1.807) is 0 Å². The van der Waals surface area contributed by atoms with Gasteiger partial charge in [0.2, 0.25) is 0 Å². The van der Waals surface area contributed by atoms with Crippen LogP contribution >= 0.6 is 0 Å². The molecule has 2 rings (SSSR count). The van der Waals surface area contributed by atoms with Crippen LogP contribution in [0.3, 0.4) is 0 Å². The Morgan fingerprint density at radius 3 is 2.71 bits per heavy atom. The molecule has 1 aromatic rings. The molecule has 0 amide bonds. The second kappa shape index (κ2) is 4.09. The summed E-state index contributed by atoms with van der Waals surface area (Å²) in [4.78, 5) is 0. The molecule has 1 heterocycles. The van der Waals surface area contributed by atoms with Crippen LogP contribution in [0.4, 0.5) is 0 Å². The first-order valence-corrected chi connectivity index (χ1v) is 4.93. The molecule has 0 aromatic heterocycles. The minimum absolute atomic E-state index is 0.120. The zero-order chi connectivity index (χ0) is 9.97. The van der Waals surface area contributed by atoms with E-state index in [0.29, 0.717) is 6.54 Å². The van der Waals surface area contributed by atoms with Crippen molar-refractivity contribution < 1.29 is 9.94 Å². The molecule has 3 heteroatoms. The molecular weight excluding hydrogens is 178 g/mol. The predicted molar refractivity (Wildman–Crippen MR) is 52.8 cm³/mol. The first kappa shape index (κ1) is 9.65. The largest absolute Gasteiger partial charge is 0.353 e.